The van der Waals surface area contributed by atoms with E-state index in [1.54, 1.807) is 73.8 Å². The van der Waals surface area contributed by atoms with Crippen LogP contribution in [0.1, 0.15) is 0 Å². The molecule has 0 spiro atoms. The van der Waals surface area contributed by atoms with Crippen LogP contribution in [0.25, 0.3) is 23.3 Å². The second-order valence-corrected chi connectivity index (χ2v) is 9.19. The smallest absolute Gasteiger partial charge is 0.759 e. The number of nitrogens with zero attached hydrogens (tertiary/aromatic N) is 8. The van der Waals surface area contributed by atoms with Crippen LogP contribution in [0.2, 0.25) is 0 Å². The molecule has 4 aromatic rings. The van der Waals surface area contributed by atoms with Crippen LogP contribution in [0.4, 0.5) is 0 Å². The third-order valence-corrected chi connectivity index (χ3v) is 2.66. The molecule has 0 aliphatic rings. The SMILES string of the molecule is O=S(=O)([O-])[O-].O=S(=O)([O-])[O-].O=S(=O)([O-])[O-].O=S(=O)([O-])[O-].[Mn+2].[Mn+2].[Mn+2].[Mn+2].[OH3+].[OH3+].[OH3+].[OH3+].[OH3+].[OH3+].[OH3+].[OH3+].[OH3+].[OH3+].[OH3+].[OH3+].c1cnc(-c2ncccn2)nc1.c1cnc(-c2ncccn2)nc1. The minimum atomic E-state index is -5.17. The van der Waals surface area contributed by atoms with Gasteiger partial charge in [-0.3, -0.25) is 33.7 Å². The Labute approximate surface area is 380 Å². The van der Waals surface area contributed by atoms with Crippen molar-refractivity contribution in [2.75, 3.05) is 0 Å². The fourth-order valence-corrected chi connectivity index (χ4v) is 1.66. The first-order valence-corrected chi connectivity index (χ1v) is 15.0. The molecule has 60 heavy (non-hydrogen) atoms. The molecule has 0 fully saturated rings. The van der Waals surface area contributed by atoms with Crippen LogP contribution in [0.5, 0.6) is 0 Å². The summed E-state index contributed by atoms with van der Waals surface area (Å²) in [7, 11) is -20.7. The van der Waals surface area contributed by atoms with E-state index in [0.29, 0.717) is 23.3 Å². The standard InChI is InChI=1S/2C8H6N4.4Mn.4H2O4S.12H2O/c2*1-3-9-7(10-4-1)8-11-5-2-6-12-8;;;;;4*1-5(2,3)4;;;;;;;;;;;;/h2*1-6H;;;;;4*(H2,1,2,3,4);12*1H2/q;;4*+2;;;;;;;;;;;;;;;;/p+4. The van der Waals surface area contributed by atoms with E-state index in [0.717, 1.165) is 0 Å². The van der Waals surface area contributed by atoms with Gasteiger partial charge < -0.3 is 102 Å². The molecule has 4 aromatic heterocycles. The van der Waals surface area contributed by atoms with E-state index in [1.165, 1.54) is 0 Å². The van der Waals surface area contributed by atoms with Crippen LogP contribution in [0.3, 0.4) is 0 Å². The van der Waals surface area contributed by atoms with Crippen molar-refractivity contribution in [2.45, 2.75) is 0 Å². The zero-order valence-electron chi connectivity index (χ0n) is 29.1. The summed E-state index contributed by atoms with van der Waals surface area (Å²) in [5.41, 5.74) is 0. The Morgan fingerprint density at radius 1 is 0.250 bits per heavy atom. The topological polar surface area (TPSA) is 820 Å². The van der Waals surface area contributed by atoms with E-state index in [-0.39, 0.29) is 134 Å². The maximum absolute atomic E-state index is 8.52. The van der Waals surface area contributed by atoms with Gasteiger partial charge in [0, 0.05) is 91.2 Å². The predicted octanol–water partition coefficient (Wildman–Crippen LogP) is -14.6. The van der Waals surface area contributed by atoms with E-state index in [2.05, 4.69) is 39.9 Å². The van der Waals surface area contributed by atoms with Gasteiger partial charge in [-0.1, -0.05) is 0 Å². The first kappa shape index (κ1) is 118. The molecular weight excluding hydrogens is 1100 g/mol. The van der Waals surface area contributed by atoms with Crippen molar-refractivity contribution < 1.29 is 204 Å². The van der Waals surface area contributed by atoms with E-state index in [9.17, 15) is 0 Å². The molecule has 44 heteroatoms. The van der Waals surface area contributed by atoms with E-state index >= 15 is 0 Å². The van der Waals surface area contributed by atoms with E-state index in [4.69, 9.17) is 70.1 Å². The molecule has 0 aliphatic carbocycles. The second kappa shape index (κ2) is 60.7. The van der Waals surface area contributed by atoms with Crippen molar-refractivity contribution in [1.29, 1.82) is 0 Å². The van der Waals surface area contributed by atoms with Gasteiger partial charge in [0.2, 0.25) is 0 Å². The van der Waals surface area contributed by atoms with Crippen molar-refractivity contribution >= 4 is 41.6 Å². The molecule has 4 heterocycles. The van der Waals surface area contributed by atoms with Crippen LogP contribution in [-0.2, 0) is 176 Å². The van der Waals surface area contributed by atoms with E-state index < -0.39 is 41.6 Å². The molecule has 0 amide bonds. The minimum Gasteiger partial charge on any atom is -0.759 e. The Morgan fingerprint density at radius 2 is 0.317 bits per heavy atom. The molecule has 36 N–H and O–H groups in total. The summed E-state index contributed by atoms with van der Waals surface area (Å²) in [4.78, 5) is 32.1. The van der Waals surface area contributed by atoms with Gasteiger partial charge in [0.05, 0.1) is 0 Å². The van der Waals surface area contributed by atoms with Gasteiger partial charge in [0.25, 0.3) is 0 Å². The fourth-order valence-electron chi connectivity index (χ4n) is 1.66. The summed E-state index contributed by atoms with van der Waals surface area (Å²) in [6, 6.07) is 7.03. The fraction of sp³-hybridized carbons (Fsp3) is 0. The monoisotopic (exact) mass is 1150 g/mol. The summed E-state index contributed by atoms with van der Waals surface area (Å²) in [5, 5.41) is 0. The van der Waals surface area contributed by atoms with Gasteiger partial charge in [-0.15, -0.1) is 0 Å². The zero-order valence-corrected chi connectivity index (χ0v) is 37.1. The Balaban J connectivity index is -0.0000000219. The second-order valence-electron chi connectivity index (χ2n) is 5.92. The summed E-state index contributed by atoms with van der Waals surface area (Å²) in [6.07, 6.45) is 13.3. The van der Waals surface area contributed by atoms with Gasteiger partial charge >= 0.3 is 68.3 Å². The minimum absolute atomic E-state index is 0. The van der Waals surface area contributed by atoms with Crippen molar-refractivity contribution in [1.82, 2.24) is 39.9 Å². The summed E-state index contributed by atoms with van der Waals surface area (Å²) in [5.74, 6) is 2.22. The van der Waals surface area contributed by atoms with Crippen molar-refractivity contribution in [3.63, 3.8) is 0 Å². The van der Waals surface area contributed by atoms with Gasteiger partial charge in [-0.05, 0) is 24.3 Å². The molecule has 0 unspecified atom stereocenters. The summed E-state index contributed by atoms with van der Waals surface area (Å²) >= 11 is 0. The molecule has 0 saturated carbocycles. The Hall–Kier alpha value is -2.60. The van der Waals surface area contributed by atoms with Crippen molar-refractivity contribution in [3.05, 3.63) is 73.8 Å². The molecule has 0 aliphatic heterocycles. The molecule has 360 valence electrons. The Kier molecular flexibility index (Phi) is 119. The van der Waals surface area contributed by atoms with Gasteiger partial charge in [0.15, 0.2) is 23.3 Å². The average Bonchev–Trinajstić information content (AvgIpc) is 2.87. The summed E-state index contributed by atoms with van der Waals surface area (Å²) < 4.78 is 136. The summed E-state index contributed by atoms with van der Waals surface area (Å²) in [6.45, 7) is 0. The molecular formula is C16H48Mn4N8O28S4+12. The van der Waals surface area contributed by atoms with Crippen molar-refractivity contribution in [2.24, 2.45) is 0 Å². The van der Waals surface area contributed by atoms with Gasteiger partial charge in [0.1, 0.15) is 0 Å². The number of rotatable bonds is 2. The first-order valence-electron chi connectivity index (χ1n) is 9.69. The van der Waals surface area contributed by atoms with Crippen LogP contribution < -0.4 is 0 Å². The van der Waals surface area contributed by atoms with Gasteiger partial charge in [-0.2, -0.15) is 0 Å². The van der Waals surface area contributed by atoms with Crippen LogP contribution in [0.15, 0.2) is 73.8 Å². The molecule has 4 rings (SSSR count). The van der Waals surface area contributed by atoms with Gasteiger partial charge in [-0.25, -0.2) is 39.9 Å². The third kappa shape index (κ3) is 117. The maximum Gasteiger partial charge on any atom is 2.00 e. The Bertz CT molecular complexity index is 1510. The third-order valence-electron chi connectivity index (χ3n) is 2.66. The molecule has 0 saturated heterocycles. The zero-order chi connectivity index (χ0) is 34.5. The average molecular weight is 1150 g/mol. The molecule has 0 aromatic carbocycles. The van der Waals surface area contributed by atoms with Crippen LogP contribution in [0, 0.1) is 0 Å². The predicted molar refractivity (Wildman–Crippen MR) is 186 cm³/mol. The normalized spacial score (nSPS) is 7.73. The number of hydrogen-bond acceptors (Lipinski definition) is 24. The largest absolute Gasteiger partial charge is 2.00 e. The quantitative estimate of drug-likeness (QED) is 0.0778. The van der Waals surface area contributed by atoms with E-state index in [1.807, 2.05) is 0 Å². The number of hydrogen-bond donors (Lipinski definition) is 0. The van der Waals surface area contributed by atoms with Crippen LogP contribution >= 0.6 is 0 Å². The van der Waals surface area contributed by atoms with Crippen molar-refractivity contribution in [3.8, 4) is 23.3 Å². The molecule has 0 bridgehead atoms. The molecule has 0 atom stereocenters. The Morgan fingerprint density at radius 3 is 0.383 bits per heavy atom. The first-order chi connectivity index (χ1) is 19.9. The maximum atomic E-state index is 8.52. The van der Waals surface area contributed by atoms with Crippen LogP contribution in [-0.4, -0.2) is 110 Å². The number of aromatic nitrogens is 8. The molecule has 36 nitrogen and oxygen atoms in total. The molecule has 4 radical (unpaired) electrons.